The molecule has 6 nitrogen and oxygen atoms in total. The van der Waals surface area contributed by atoms with Gasteiger partial charge in [0.15, 0.2) is 11.6 Å². The smallest absolute Gasteiger partial charge is 0.344 e. The van der Waals surface area contributed by atoms with E-state index in [2.05, 4.69) is 4.98 Å². The summed E-state index contributed by atoms with van der Waals surface area (Å²) < 4.78 is 24.5. The molecule has 0 aliphatic heterocycles. The maximum absolute atomic E-state index is 13.0. The summed E-state index contributed by atoms with van der Waals surface area (Å²) in [5, 5.41) is 1.74. The first kappa shape index (κ1) is 15.2. The van der Waals surface area contributed by atoms with Gasteiger partial charge in [-0.25, -0.2) is 14.2 Å². The number of aromatic nitrogens is 2. The Morgan fingerprint density at radius 1 is 1.35 bits per heavy atom. The number of hydrogen-bond acceptors (Lipinski definition) is 6. The first-order valence-electron chi connectivity index (χ1n) is 6.61. The minimum absolute atomic E-state index is 0.130. The number of carbonyl (C=O) groups is 1. The number of benzene rings is 1. The van der Waals surface area contributed by atoms with Gasteiger partial charge in [0.1, 0.15) is 18.2 Å². The number of thiazole rings is 1. The van der Waals surface area contributed by atoms with Crippen molar-refractivity contribution < 1.29 is 18.7 Å². The van der Waals surface area contributed by atoms with Gasteiger partial charge in [0.05, 0.1) is 5.69 Å². The third kappa shape index (κ3) is 3.72. The van der Waals surface area contributed by atoms with Crippen LogP contribution in [0.1, 0.15) is 5.69 Å². The summed E-state index contributed by atoms with van der Waals surface area (Å²) in [7, 11) is 0. The number of fused-ring (bicyclic) bond motifs is 1. The minimum Gasteiger partial charge on any atom is -0.482 e. The van der Waals surface area contributed by atoms with Crippen molar-refractivity contribution in [3.05, 3.63) is 63.8 Å². The number of ether oxygens (including phenoxy) is 2. The van der Waals surface area contributed by atoms with Gasteiger partial charge in [0.25, 0.3) is 5.56 Å². The molecule has 0 aliphatic carbocycles. The maximum Gasteiger partial charge on any atom is 0.344 e. The van der Waals surface area contributed by atoms with Crippen LogP contribution in [0, 0.1) is 5.82 Å². The molecular weight excluding hydrogens is 323 g/mol. The summed E-state index contributed by atoms with van der Waals surface area (Å²) in [6.07, 6.45) is 1.62. The summed E-state index contributed by atoms with van der Waals surface area (Å²) >= 11 is 1.31. The Bertz CT molecular complexity index is 906. The number of halogens is 1. The molecule has 2 aromatic heterocycles. The zero-order valence-electron chi connectivity index (χ0n) is 11.8. The van der Waals surface area contributed by atoms with Gasteiger partial charge < -0.3 is 9.47 Å². The quantitative estimate of drug-likeness (QED) is 0.668. The monoisotopic (exact) mass is 334 g/mol. The van der Waals surface area contributed by atoms with E-state index in [0.717, 1.165) is 0 Å². The molecule has 2 heterocycles. The fourth-order valence-electron chi connectivity index (χ4n) is 1.86. The summed E-state index contributed by atoms with van der Waals surface area (Å²) in [4.78, 5) is 28.1. The van der Waals surface area contributed by atoms with Crippen LogP contribution >= 0.6 is 11.3 Å². The molecule has 0 spiro atoms. The molecular formula is C15H11FN2O4S. The highest BCUT2D eigenvalue weighted by Crippen LogP contribution is 2.12. The Labute approximate surface area is 133 Å². The van der Waals surface area contributed by atoms with Crippen molar-refractivity contribution in [2.75, 3.05) is 6.61 Å². The van der Waals surface area contributed by atoms with Crippen LogP contribution in [0.15, 0.2) is 46.7 Å². The van der Waals surface area contributed by atoms with Crippen molar-refractivity contribution >= 4 is 22.3 Å². The van der Waals surface area contributed by atoms with E-state index in [4.69, 9.17) is 9.47 Å². The molecule has 0 saturated carbocycles. The molecule has 23 heavy (non-hydrogen) atoms. The SMILES string of the molecule is O=C(COc1cccc(F)c1)OCc1cc(=O)n2ccsc2n1. The predicted molar refractivity (Wildman–Crippen MR) is 81.0 cm³/mol. The Morgan fingerprint density at radius 3 is 3.04 bits per heavy atom. The highest BCUT2D eigenvalue weighted by Gasteiger charge is 2.08. The van der Waals surface area contributed by atoms with E-state index in [0.29, 0.717) is 10.7 Å². The lowest BCUT2D eigenvalue weighted by atomic mass is 10.3. The third-order valence-electron chi connectivity index (χ3n) is 2.89. The summed E-state index contributed by atoms with van der Waals surface area (Å²) in [6, 6.07) is 6.75. The van der Waals surface area contributed by atoms with Crippen molar-refractivity contribution in [3.8, 4) is 5.75 Å². The van der Waals surface area contributed by atoms with E-state index < -0.39 is 11.8 Å². The van der Waals surface area contributed by atoms with Crippen LogP contribution in [0.4, 0.5) is 4.39 Å². The van der Waals surface area contributed by atoms with Gasteiger partial charge in [0.2, 0.25) is 0 Å². The Morgan fingerprint density at radius 2 is 2.22 bits per heavy atom. The minimum atomic E-state index is -0.637. The molecule has 8 heteroatoms. The van der Waals surface area contributed by atoms with E-state index in [1.807, 2.05) is 0 Å². The first-order valence-corrected chi connectivity index (χ1v) is 7.49. The summed E-state index contributed by atoms with van der Waals surface area (Å²) in [5.74, 6) is -0.856. The molecule has 0 aliphatic rings. The van der Waals surface area contributed by atoms with Crippen molar-refractivity contribution in [2.24, 2.45) is 0 Å². The molecule has 0 radical (unpaired) electrons. The Kier molecular flexibility index (Phi) is 4.33. The number of rotatable bonds is 5. The fraction of sp³-hybridized carbons (Fsp3) is 0.133. The van der Waals surface area contributed by atoms with E-state index in [9.17, 15) is 14.0 Å². The highest BCUT2D eigenvalue weighted by atomic mass is 32.1. The van der Waals surface area contributed by atoms with E-state index in [-0.39, 0.29) is 24.5 Å². The van der Waals surface area contributed by atoms with Gasteiger partial charge in [-0.1, -0.05) is 6.07 Å². The van der Waals surface area contributed by atoms with Crippen molar-refractivity contribution in [1.29, 1.82) is 0 Å². The number of hydrogen-bond donors (Lipinski definition) is 0. The zero-order valence-corrected chi connectivity index (χ0v) is 12.6. The van der Waals surface area contributed by atoms with Gasteiger partial charge in [-0.2, -0.15) is 0 Å². The zero-order chi connectivity index (χ0) is 16.2. The van der Waals surface area contributed by atoms with Crippen LogP contribution in [0.25, 0.3) is 4.96 Å². The largest absolute Gasteiger partial charge is 0.482 e. The second-order valence-corrected chi connectivity index (χ2v) is 5.42. The van der Waals surface area contributed by atoms with E-state index >= 15 is 0 Å². The van der Waals surface area contributed by atoms with Crippen molar-refractivity contribution in [1.82, 2.24) is 9.38 Å². The number of nitrogens with zero attached hydrogens (tertiary/aromatic N) is 2. The lowest BCUT2D eigenvalue weighted by molar-refractivity contribution is -0.147. The third-order valence-corrected chi connectivity index (χ3v) is 3.65. The lowest BCUT2D eigenvalue weighted by Gasteiger charge is -2.07. The Hall–Kier alpha value is -2.74. The van der Waals surface area contributed by atoms with Crippen LogP contribution < -0.4 is 10.3 Å². The fourth-order valence-corrected chi connectivity index (χ4v) is 2.60. The average Bonchev–Trinajstić information content (AvgIpc) is 3.00. The van der Waals surface area contributed by atoms with Gasteiger partial charge in [-0.05, 0) is 12.1 Å². The summed E-state index contributed by atoms with van der Waals surface area (Å²) in [6.45, 7) is -0.487. The molecule has 0 fully saturated rings. The molecule has 1 aromatic carbocycles. The second kappa shape index (κ2) is 6.57. The second-order valence-electron chi connectivity index (χ2n) is 4.55. The van der Waals surface area contributed by atoms with Gasteiger partial charge >= 0.3 is 5.97 Å². The van der Waals surface area contributed by atoms with Gasteiger partial charge in [-0.3, -0.25) is 9.20 Å². The van der Waals surface area contributed by atoms with Crippen molar-refractivity contribution in [3.63, 3.8) is 0 Å². The maximum atomic E-state index is 13.0. The average molecular weight is 334 g/mol. The van der Waals surface area contributed by atoms with Crippen LogP contribution in [0.5, 0.6) is 5.75 Å². The topological polar surface area (TPSA) is 69.9 Å². The van der Waals surface area contributed by atoms with Gasteiger partial charge in [0, 0.05) is 23.7 Å². The molecule has 0 unspecified atom stereocenters. The van der Waals surface area contributed by atoms with Crippen LogP contribution in [-0.4, -0.2) is 22.0 Å². The lowest BCUT2D eigenvalue weighted by Crippen LogP contribution is -2.17. The molecule has 118 valence electrons. The summed E-state index contributed by atoms with van der Waals surface area (Å²) in [5.41, 5.74) is 0.120. The van der Waals surface area contributed by atoms with Crippen LogP contribution in [0.3, 0.4) is 0 Å². The predicted octanol–water partition coefficient (Wildman–Crippen LogP) is 2.02. The molecule has 3 rings (SSSR count). The highest BCUT2D eigenvalue weighted by molar-refractivity contribution is 7.15. The molecule has 0 atom stereocenters. The number of esters is 1. The first-order chi connectivity index (χ1) is 11.1. The molecule has 0 saturated heterocycles. The molecule has 0 bridgehead atoms. The molecule has 3 aromatic rings. The van der Waals surface area contributed by atoms with Crippen molar-refractivity contribution in [2.45, 2.75) is 6.61 Å². The molecule has 0 amide bonds. The van der Waals surface area contributed by atoms with Crippen LogP contribution in [0.2, 0.25) is 0 Å². The van der Waals surface area contributed by atoms with Crippen LogP contribution in [-0.2, 0) is 16.1 Å². The Balaban J connectivity index is 1.56. The number of carbonyl (C=O) groups excluding carboxylic acids is 1. The standard InChI is InChI=1S/C15H11FN2O4S/c16-10-2-1-3-12(6-10)21-9-14(20)22-8-11-7-13(19)18-4-5-23-15(18)17-11/h1-7H,8-9H2. The van der Waals surface area contributed by atoms with Gasteiger partial charge in [-0.15, -0.1) is 11.3 Å². The van der Waals surface area contributed by atoms with E-state index in [1.165, 1.54) is 46.1 Å². The molecule has 0 N–H and O–H groups in total. The normalized spacial score (nSPS) is 10.7. The van der Waals surface area contributed by atoms with E-state index in [1.54, 1.807) is 11.6 Å².